The number of hydrogen-bond donors (Lipinski definition) is 0. The van der Waals surface area contributed by atoms with Gasteiger partial charge in [0.2, 0.25) is 0 Å². The molecular formula is C10H16O6. The molecule has 6 nitrogen and oxygen atoms in total. The van der Waals surface area contributed by atoms with E-state index in [4.69, 9.17) is 18.9 Å². The maximum absolute atomic E-state index is 11.5. The van der Waals surface area contributed by atoms with Crippen LogP contribution >= 0.6 is 0 Å². The molecule has 1 fully saturated rings. The molecule has 0 N–H and O–H groups in total. The molecule has 0 spiro atoms. The maximum Gasteiger partial charge on any atom is 0.338 e. The van der Waals surface area contributed by atoms with Crippen LogP contribution in [0, 0.1) is 0 Å². The number of ether oxygens (including phenoxy) is 4. The molecule has 1 saturated heterocycles. The van der Waals surface area contributed by atoms with Gasteiger partial charge in [-0.15, -0.1) is 0 Å². The van der Waals surface area contributed by atoms with Gasteiger partial charge in [0.1, 0.15) is 0 Å². The van der Waals surface area contributed by atoms with Gasteiger partial charge in [-0.05, 0) is 12.8 Å². The van der Waals surface area contributed by atoms with Gasteiger partial charge in [0.05, 0.1) is 13.2 Å². The molecule has 1 heterocycles. The molecule has 0 aliphatic carbocycles. The summed E-state index contributed by atoms with van der Waals surface area (Å²) in [7, 11) is 2.63. The number of esters is 2. The van der Waals surface area contributed by atoms with Crippen molar-refractivity contribution in [3.63, 3.8) is 0 Å². The lowest BCUT2D eigenvalue weighted by Gasteiger charge is -2.23. The molecular weight excluding hydrogens is 216 g/mol. The zero-order valence-corrected chi connectivity index (χ0v) is 9.43. The van der Waals surface area contributed by atoms with E-state index in [1.165, 1.54) is 14.2 Å². The van der Waals surface area contributed by atoms with E-state index < -0.39 is 24.1 Å². The summed E-state index contributed by atoms with van der Waals surface area (Å²) in [6, 6.07) is 0. The fourth-order valence-electron chi connectivity index (χ4n) is 1.40. The minimum Gasteiger partial charge on any atom is -0.464 e. The number of carbonyl (C=O) groups is 2. The maximum atomic E-state index is 11.5. The Morgan fingerprint density at radius 2 is 1.31 bits per heavy atom. The summed E-state index contributed by atoms with van der Waals surface area (Å²) in [6.45, 7) is 0.597. The topological polar surface area (TPSA) is 71.1 Å². The second-order valence-corrected chi connectivity index (χ2v) is 3.35. The Morgan fingerprint density at radius 3 is 1.62 bits per heavy atom. The summed E-state index contributed by atoms with van der Waals surface area (Å²) in [5, 5.41) is 0. The predicted octanol–water partition coefficient (Wildman–Crippen LogP) is -0.103. The lowest BCUT2D eigenvalue weighted by atomic mass is 10.2. The van der Waals surface area contributed by atoms with E-state index >= 15 is 0 Å². The summed E-state index contributed by atoms with van der Waals surface area (Å²) < 4.78 is 19.7. The van der Waals surface area contributed by atoms with Crippen LogP contribution in [0.4, 0.5) is 0 Å². The summed E-state index contributed by atoms with van der Waals surface area (Å²) in [5.74, 6) is -1.21. The molecule has 0 radical (unpaired) electrons. The molecule has 1 aliphatic rings. The van der Waals surface area contributed by atoms with E-state index in [-0.39, 0.29) is 0 Å². The number of rotatable bonds is 2. The minimum absolute atomic E-state index is 0.298. The van der Waals surface area contributed by atoms with E-state index in [0.717, 1.165) is 0 Å². The highest BCUT2D eigenvalue weighted by molar-refractivity contribution is 5.85. The molecule has 1 aliphatic heterocycles. The van der Waals surface area contributed by atoms with Gasteiger partial charge in [-0.3, -0.25) is 0 Å². The van der Waals surface area contributed by atoms with E-state index in [0.29, 0.717) is 26.1 Å². The lowest BCUT2D eigenvalue weighted by Crippen LogP contribution is -2.45. The Labute approximate surface area is 93.8 Å². The number of methoxy groups -OCH3 is 2. The average Bonchev–Trinajstić information content (AvgIpc) is 2.29. The molecule has 0 aromatic carbocycles. The first kappa shape index (κ1) is 12.9. The highest BCUT2D eigenvalue weighted by Gasteiger charge is 2.37. The molecule has 1 rings (SSSR count). The number of cyclic esters (lactones) is 2. The zero-order valence-electron chi connectivity index (χ0n) is 9.43. The van der Waals surface area contributed by atoms with Crippen molar-refractivity contribution in [3.05, 3.63) is 0 Å². The lowest BCUT2D eigenvalue weighted by molar-refractivity contribution is -0.180. The standard InChI is InChI=1S/C10H16O6/c1-13-7-8(14-2)10(12)16-6-4-3-5-15-9(7)11/h7-8H,3-6H2,1-2H3. The van der Waals surface area contributed by atoms with Crippen molar-refractivity contribution in [2.45, 2.75) is 25.0 Å². The molecule has 0 aromatic rings. The van der Waals surface area contributed by atoms with Crippen LogP contribution in [0.3, 0.4) is 0 Å². The Bertz CT molecular complexity index is 226. The number of carbonyl (C=O) groups excluding carboxylic acids is 2. The third-order valence-electron chi connectivity index (χ3n) is 2.27. The van der Waals surface area contributed by atoms with E-state index in [1.54, 1.807) is 0 Å². The van der Waals surface area contributed by atoms with Crippen molar-refractivity contribution in [3.8, 4) is 0 Å². The van der Waals surface area contributed by atoms with Gasteiger partial charge in [-0.25, -0.2) is 9.59 Å². The van der Waals surface area contributed by atoms with Gasteiger partial charge in [0, 0.05) is 14.2 Å². The predicted molar refractivity (Wildman–Crippen MR) is 52.7 cm³/mol. The van der Waals surface area contributed by atoms with Crippen molar-refractivity contribution in [2.75, 3.05) is 27.4 Å². The van der Waals surface area contributed by atoms with Crippen LogP contribution < -0.4 is 0 Å². The second-order valence-electron chi connectivity index (χ2n) is 3.35. The van der Waals surface area contributed by atoms with Crippen molar-refractivity contribution >= 4 is 11.9 Å². The Hall–Kier alpha value is -1.14. The van der Waals surface area contributed by atoms with Crippen LogP contribution in [0.15, 0.2) is 0 Å². The highest BCUT2D eigenvalue weighted by Crippen LogP contribution is 2.10. The quantitative estimate of drug-likeness (QED) is 0.619. The molecule has 2 unspecified atom stereocenters. The first-order chi connectivity index (χ1) is 7.70. The molecule has 16 heavy (non-hydrogen) atoms. The van der Waals surface area contributed by atoms with Crippen LogP contribution in [0.25, 0.3) is 0 Å². The monoisotopic (exact) mass is 232 g/mol. The van der Waals surface area contributed by atoms with E-state index in [1.807, 2.05) is 0 Å². The molecule has 2 atom stereocenters. The second kappa shape index (κ2) is 6.44. The van der Waals surface area contributed by atoms with Crippen LogP contribution in [0.1, 0.15) is 12.8 Å². The van der Waals surface area contributed by atoms with Gasteiger partial charge in [-0.2, -0.15) is 0 Å². The molecule has 6 heteroatoms. The molecule has 92 valence electrons. The molecule has 0 aromatic heterocycles. The SMILES string of the molecule is COC1C(=O)OCCCCOC(=O)C1OC. The Morgan fingerprint density at radius 1 is 0.938 bits per heavy atom. The summed E-state index contributed by atoms with van der Waals surface area (Å²) in [5.41, 5.74) is 0. The van der Waals surface area contributed by atoms with E-state index in [2.05, 4.69) is 0 Å². The fraction of sp³-hybridized carbons (Fsp3) is 0.800. The van der Waals surface area contributed by atoms with Crippen LogP contribution in [-0.4, -0.2) is 51.6 Å². The molecule has 0 saturated carbocycles. The van der Waals surface area contributed by atoms with Gasteiger partial charge < -0.3 is 18.9 Å². The van der Waals surface area contributed by atoms with Gasteiger partial charge in [0.25, 0.3) is 0 Å². The van der Waals surface area contributed by atoms with Gasteiger partial charge in [-0.1, -0.05) is 0 Å². The normalized spacial score (nSPS) is 28.1. The van der Waals surface area contributed by atoms with Crippen LogP contribution in [0.5, 0.6) is 0 Å². The van der Waals surface area contributed by atoms with Crippen LogP contribution in [-0.2, 0) is 28.5 Å². The van der Waals surface area contributed by atoms with E-state index in [9.17, 15) is 9.59 Å². The summed E-state index contributed by atoms with van der Waals surface area (Å²) in [6.07, 6.45) is -0.827. The van der Waals surface area contributed by atoms with Gasteiger partial charge >= 0.3 is 11.9 Å². The Kier molecular flexibility index (Phi) is 5.21. The molecule has 0 amide bonds. The van der Waals surface area contributed by atoms with Crippen molar-refractivity contribution in [1.82, 2.24) is 0 Å². The first-order valence-electron chi connectivity index (χ1n) is 5.09. The smallest absolute Gasteiger partial charge is 0.338 e. The Balaban J connectivity index is 2.77. The van der Waals surface area contributed by atoms with Crippen molar-refractivity contribution in [2.24, 2.45) is 0 Å². The largest absolute Gasteiger partial charge is 0.464 e. The van der Waals surface area contributed by atoms with Gasteiger partial charge in [0.15, 0.2) is 12.2 Å². The fourth-order valence-corrected chi connectivity index (χ4v) is 1.40. The zero-order chi connectivity index (χ0) is 12.0. The summed E-state index contributed by atoms with van der Waals surface area (Å²) in [4.78, 5) is 23.1. The van der Waals surface area contributed by atoms with Crippen molar-refractivity contribution < 1.29 is 28.5 Å². The van der Waals surface area contributed by atoms with Crippen molar-refractivity contribution in [1.29, 1.82) is 0 Å². The summed E-state index contributed by atoms with van der Waals surface area (Å²) >= 11 is 0. The highest BCUT2D eigenvalue weighted by atomic mass is 16.6. The number of hydrogen-bond acceptors (Lipinski definition) is 6. The first-order valence-corrected chi connectivity index (χ1v) is 5.09. The minimum atomic E-state index is -1.07. The third kappa shape index (κ3) is 3.18. The average molecular weight is 232 g/mol. The van der Waals surface area contributed by atoms with Crippen LogP contribution in [0.2, 0.25) is 0 Å². The third-order valence-corrected chi connectivity index (χ3v) is 2.27. The molecule has 0 bridgehead atoms.